The fourth-order valence-electron chi connectivity index (χ4n) is 3.27. The van der Waals surface area contributed by atoms with Crippen LogP contribution >= 0.6 is 11.3 Å². The molecule has 0 spiro atoms. The van der Waals surface area contributed by atoms with Crippen LogP contribution in [0.4, 0.5) is 5.13 Å². The molecule has 4 aromatic rings. The highest BCUT2D eigenvalue weighted by molar-refractivity contribution is 7.22. The number of methoxy groups -OCH3 is 1. The quantitative estimate of drug-likeness (QED) is 0.504. The number of anilines is 1. The van der Waals surface area contributed by atoms with Crippen LogP contribution in [0, 0.1) is 0 Å². The standard InChI is InChI=1S/C19H20N4O3S/c1-9(2)26-18(24)16-10(8-25-4)14-12(7-21-16)22-11-5-6-13-17(15(11)14)23-19(20-3)27-13/h5-7,9,22H,8H2,1-4H3,(H,20,23). The van der Waals surface area contributed by atoms with Gasteiger partial charge >= 0.3 is 5.97 Å². The molecule has 0 saturated carbocycles. The number of ether oxygens (including phenoxy) is 2. The first-order valence-corrected chi connectivity index (χ1v) is 9.45. The minimum absolute atomic E-state index is 0.225. The SMILES string of the molecule is CNc1nc2c(ccc3[nH]c4cnc(C(=O)OC(C)C)c(COC)c4c32)s1. The van der Waals surface area contributed by atoms with Gasteiger partial charge < -0.3 is 19.8 Å². The third-order valence-corrected chi connectivity index (χ3v) is 5.34. The van der Waals surface area contributed by atoms with E-state index in [4.69, 9.17) is 14.5 Å². The number of aromatic nitrogens is 3. The highest BCUT2D eigenvalue weighted by Gasteiger charge is 2.22. The Balaban J connectivity index is 2.08. The van der Waals surface area contributed by atoms with Crippen LogP contribution in [0.5, 0.6) is 0 Å². The summed E-state index contributed by atoms with van der Waals surface area (Å²) in [7, 11) is 3.45. The molecule has 0 unspecified atom stereocenters. The maximum absolute atomic E-state index is 12.6. The third kappa shape index (κ3) is 2.90. The van der Waals surface area contributed by atoms with Crippen LogP contribution in [0.2, 0.25) is 0 Å². The van der Waals surface area contributed by atoms with E-state index in [1.54, 1.807) is 24.6 Å². The number of carbonyl (C=O) groups excluding carboxylic acids is 1. The van der Waals surface area contributed by atoms with Crippen molar-refractivity contribution in [2.45, 2.75) is 26.6 Å². The molecular formula is C19H20N4O3S. The van der Waals surface area contributed by atoms with Crippen molar-refractivity contribution in [3.8, 4) is 0 Å². The van der Waals surface area contributed by atoms with Gasteiger partial charge in [-0.3, -0.25) is 0 Å². The molecule has 0 aliphatic heterocycles. The number of rotatable bonds is 5. The second-order valence-corrected chi connectivity index (χ2v) is 7.52. The molecule has 0 bridgehead atoms. The summed E-state index contributed by atoms with van der Waals surface area (Å²) in [6.45, 7) is 3.88. The average Bonchev–Trinajstić information content (AvgIpc) is 3.21. The molecule has 3 aromatic heterocycles. The summed E-state index contributed by atoms with van der Waals surface area (Å²) >= 11 is 1.59. The topological polar surface area (TPSA) is 89.1 Å². The molecule has 1 aromatic carbocycles. The van der Waals surface area contributed by atoms with Crippen molar-refractivity contribution in [3.63, 3.8) is 0 Å². The smallest absolute Gasteiger partial charge is 0.357 e. The second-order valence-electron chi connectivity index (χ2n) is 6.49. The molecule has 0 atom stereocenters. The van der Waals surface area contributed by atoms with E-state index < -0.39 is 5.97 Å². The summed E-state index contributed by atoms with van der Waals surface area (Å²) in [5.74, 6) is -0.449. The van der Waals surface area contributed by atoms with Crippen LogP contribution in [0.25, 0.3) is 32.0 Å². The molecule has 0 aliphatic rings. The third-order valence-electron chi connectivity index (χ3n) is 4.30. The lowest BCUT2D eigenvalue weighted by Crippen LogP contribution is -2.15. The minimum atomic E-state index is -0.449. The lowest BCUT2D eigenvalue weighted by Gasteiger charge is -2.12. The summed E-state index contributed by atoms with van der Waals surface area (Å²) < 4.78 is 11.8. The first kappa shape index (κ1) is 17.7. The van der Waals surface area contributed by atoms with Crippen molar-refractivity contribution in [1.82, 2.24) is 15.0 Å². The van der Waals surface area contributed by atoms with E-state index in [1.165, 1.54) is 0 Å². The summed E-state index contributed by atoms with van der Waals surface area (Å²) in [5.41, 5.74) is 3.65. The molecule has 3 heterocycles. The van der Waals surface area contributed by atoms with Crippen molar-refractivity contribution in [3.05, 3.63) is 29.6 Å². The number of H-pyrrole nitrogens is 1. The van der Waals surface area contributed by atoms with Crippen molar-refractivity contribution >= 4 is 54.5 Å². The highest BCUT2D eigenvalue weighted by Crippen LogP contribution is 2.38. The molecular weight excluding hydrogens is 364 g/mol. The van der Waals surface area contributed by atoms with Gasteiger partial charge in [-0.1, -0.05) is 11.3 Å². The number of hydrogen-bond acceptors (Lipinski definition) is 7. The van der Waals surface area contributed by atoms with E-state index in [9.17, 15) is 4.79 Å². The van der Waals surface area contributed by atoms with E-state index in [0.29, 0.717) is 5.56 Å². The Morgan fingerprint density at radius 1 is 1.30 bits per heavy atom. The molecule has 0 aliphatic carbocycles. The Hall–Kier alpha value is -2.71. The van der Waals surface area contributed by atoms with Gasteiger partial charge in [0.15, 0.2) is 10.8 Å². The van der Waals surface area contributed by atoms with Crippen LogP contribution in [0.15, 0.2) is 18.3 Å². The maximum atomic E-state index is 12.6. The van der Waals surface area contributed by atoms with Gasteiger partial charge in [-0.15, -0.1) is 0 Å². The lowest BCUT2D eigenvalue weighted by molar-refractivity contribution is 0.0366. The summed E-state index contributed by atoms with van der Waals surface area (Å²) in [6.07, 6.45) is 1.44. The van der Waals surface area contributed by atoms with Crippen LogP contribution in [0.1, 0.15) is 29.9 Å². The van der Waals surface area contributed by atoms with E-state index in [2.05, 4.69) is 15.3 Å². The number of thiazole rings is 1. The Morgan fingerprint density at radius 2 is 2.11 bits per heavy atom. The number of esters is 1. The first-order valence-electron chi connectivity index (χ1n) is 8.64. The monoisotopic (exact) mass is 384 g/mol. The lowest BCUT2D eigenvalue weighted by atomic mass is 10.0. The fraction of sp³-hybridized carbons (Fsp3) is 0.316. The van der Waals surface area contributed by atoms with Gasteiger partial charge in [0.2, 0.25) is 0 Å². The largest absolute Gasteiger partial charge is 0.458 e. The van der Waals surface area contributed by atoms with Gasteiger partial charge in [0, 0.05) is 36.0 Å². The molecule has 0 amide bonds. The summed E-state index contributed by atoms with van der Waals surface area (Å²) in [4.78, 5) is 25.0. The Morgan fingerprint density at radius 3 is 2.81 bits per heavy atom. The predicted octanol–water partition coefficient (Wildman–Crippen LogP) is 4.08. The second kappa shape index (κ2) is 6.79. The number of pyridine rings is 1. The Labute approximate surface area is 159 Å². The molecule has 0 saturated heterocycles. The molecule has 0 fully saturated rings. The molecule has 140 valence electrons. The number of aromatic amines is 1. The van der Waals surface area contributed by atoms with E-state index in [0.717, 1.165) is 37.2 Å². The fourth-order valence-corrected chi connectivity index (χ4v) is 4.09. The van der Waals surface area contributed by atoms with Gasteiger partial charge in [0.05, 0.1) is 34.6 Å². The molecule has 7 nitrogen and oxygen atoms in total. The molecule has 0 radical (unpaired) electrons. The van der Waals surface area contributed by atoms with Crippen LogP contribution in [-0.2, 0) is 16.1 Å². The zero-order valence-electron chi connectivity index (χ0n) is 15.5. The number of nitrogens with one attached hydrogen (secondary N) is 2. The van der Waals surface area contributed by atoms with Gasteiger partial charge in [-0.25, -0.2) is 14.8 Å². The molecule has 2 N–H and O–H groups in total. The highest BCUT2D eigenvalue weighted by atomic mass is 32.1. The average molecular weight is 384 g/mol. The van der Waals surface area contributed by atoms with Crippen molar-refractivity contribution in [1.29, 1.82) is 0 Å². The zero-order valence-corrected chi connectivity index (χ0v) is 16.4. The minimum Gasteiger partial charge on any atom is -0.458 e. The summed E-state index contributed by atoms with van der Waals surface area (Å²) in [6, 6.07) is 4.07. The number of fused-ring (bicyclic) bond motifs is 5. The number of hydrogen-bond donors (Lipinski definition) is 2. The van der Waals surface area contributed by atoms with E-state index in [1.807, 2.05) is 33.0 Å². The van der Waals surface area contributed by atoms with Gasteiger partial charge in [0.1, 0.15) is 0 Å². The summed E-state index contributed by atoms with van der Waals surface area (Å²) in [5, 5.41) is 5.80. The van der Waals surface area contributed by atoms with Crippen LogP contribution in [0.3, 0.4) is 0 Å². The number of benzene rings is 1. The van der Waals surface area contributed by atoms with Crippen LogP contribution < -0.4 is 5.32 Å². The molecule has 8 heteroatoms. The van der Waals surface area contributed by atoms with E-state index >= 15 is 0 Å². The van der Waals surface area contributed by atoms with Crippen molar-refractivity contribution in [2.24, 2.45) is 0 Å². The van der Waals surface area contributed by atoms with Gasteiger partial charge in [0.25, 0.3) is 0 Å². The van der Waals surface area contributed by atoms with E-state index in [-0.39, 0.29) is 18.4 Å². The molecule has 4 rings (SSSR count). The number of carbonyl (C=O) groups is 1. The van der Waals surface area contributed by atoms with Gasteiger partial charge in [-0.05, 0) is 26.0 Å². The zero-order chi connectivity index (χ0) is 19.1. The Bertz CT molecular complexity index is 1160. The van der Waals surface area contributed by atoms with Gasteiger partial charge in [-0.2, -0.15) is 0 Å². The normalized spacial score (nSPS) is 11.7. The first-order chi connectivity index (χ1) is 13.0. The maximum Gasteiger partial charge on any atom is 0.357 e. The van der Waals surface area contributed by atoms with Crippen molar-refractivity contribution in [2.75, 3.05) is 19.5 Å². The Kier molecular flexibility index (Phi) is 4.45. The number of nitrogens with zero attached hydrogens (tertiary/aromatic N) is 2. The molecule has 27 heavy (non-hydrogen) atoms. The van der Waals surface area contributed by atoms with Crippen LogP contribution in [-0.4, -0.2) is 41.2 Å². The van der Waals surface area contributed by atoms with Crippen molar-refractivity contribution < 1.29 is 14.3 Å². The predicted molar refractivity (Wildman–Crippen MR) is 108 cm³/mol.